The Bertz CT molecular complexity index is 846. The maximum atomic E-state index is 12.2. The zero-order valence-corrected chi connectivity index (χ0v) is 13.3. The lowest BCUT2D eigenvalue weighted by Crippen LogP contribution is -2.31. The van der Waals surface area contributed by atoms with Crippen LogP contribution in [0.25, 0.3) is 10.8 Å². The van der Waals surface area contributed by atoms with E-state index in [2.05, 4.69) is 34.9 Å². The minimum absolute atomic E-state index is 0. The smallest absolute Gasteiger partial charge is 0.319 e. The number of hydrogen-bond acceptors (Lipinski definition) is 1. The Labute approximate surface area is 139 Å². The minimum atomic E-state index is -0.198. The second-order valence-electron chi connectivity index (χ2n) is 5.76. The SMILES string of the molecule is Cc1cccc(NC(=O)NC(C)c2cccc3ccccc23)c1.[HH].[HH]. The van der Waals surface area contributed by atoms with Crippen molar-refractivity contribution in [2.45, 2.75) is 19.9 Å². The number of amides is 2. The van der Waals surface area contributed by atoms with Gasteiger partial charge >= 0.3 is 6.03 Å². The Morgan fingerprint density at radius 3 is 2.57 bits per heavy atom. The van der Waals surface area contributed by atoms with Crippen LogP contribution in [0.15, 0.2) is 66.7 Å². The zero-order valence-electron chi connectivity index (χ0n) is 13.3. The van der Waals surface area contributed by atoms with Crippen molar-refractivity contribution in [1.82, 2.24) is 5.32 Å². The zero-order chi connectivity index (χ0) is 16.2. The number of aryl methyl sites for hydroxylation is 1. The second-order valence-corrected chi connectivity index (χ2v) is 5.76. The van der Waals surface area contributed by atoms with E-state index < -0.39 is 0 Å². The normalized spacial score (nSPS) is 11.9. The van der Waals surface area contributed by atoms with E-state index in [0.29, 0.717) is 0 Å². The summed E-state index contributed by atoms with van der Waals surface area (Å²) in [6.45, 7) is 4.00. The van der Waals surface area contributed by atoms with Crippen LogP contribution in [-0.2, 0) is 0 Å². The van der Waals surface area contributed by atoms with Crippen LogP contribution in [0.4, 0.5) is 10.5 Å². The number of hydrogen-bond donors (Lipinski definition) is 2. The third-order valence-corrected chi connectivity index (χ3v) is 3.91. The summed E-state index contributed by atoms with van der Waals surface area (Å²) in [6.07, 6.45) is 0. The number of fused-ring (bicyclic) bond motifs is 1. The van der Waals surface area contributed by atoms with Gasteiger partial charge in [0.15, 0.2) is 0 Å². The van der Waals surface area contributed by atoms with Gasteiger partial charge < -0.3 is 10.6 Å². The van der Waals surface area contributed by atoms with Crippen molar-refractivity contribution in [3.05, 3.63) is 77.9 Å². The first-order valence-corrected chi connectivity index (χ1v) is 7.75. The van der Waals surface area contributed by atoms with Gasteiger partial charge in [0.1, 0.15) is 0 Å². The summed E-state index contributed by atoms with van der Waals surface area (Å²) in [7, 11) is 0. The summed E-state index contributed by atoms with van der Waals surface area (Å²) in [4.78, 5) is 12.2. The molecule has 3 heteroatoms. The van der Waals surface area contributed by atoms with E-state index in [1.54, 1.807) is 0 Å². The third kappa shape index (κ3) is 3.51. The lowest BCUT2D eigenvalue weighted by atomic mass is 10.00. The van der Waals surface area contributed by atoms with Crippen LogP contribution in [-0.4, -0.2) is 6.03 Å². The molecule has 3 aromatic carbocycles. The van der Waals surface area contributed by atoms with Gasteiger partial charge in [-0.15, -0.1) is 0 Å². The van der Waals surface area contributed by atoms with Gasteiger partial charge in [-0.05, 0) is 47.9 Å². The lowest BCUT2D eigenvalue weighted by molar-refractivity contribution is 0.249. The average Bonchev–Trinajstić information content (AvgIpc) is 2.54. The van der Waals surface area contributed by atoms with E-state index in [9.17, 15) is 4.79 Å². The fourth-order valence-corrected chi connectivity index (χ4v) is 2.79. The van der Waals surface area contributed by atoms with Gasteiger partial charge in [-0.2, -0.15) is 0 Å². The molecule has 3 aromatic rings. The number of carbonyl (C=O) groups excluding carboxylic acids is 1. The first-order valence-electron chi connectivity index (χ1n) is 7.75. The molecule has 0 radical (unpaired) electrons. The van der Waals surface area contributed by atoms with Crippen molar-refractivity contribution in [2.75, 3.05) is 5.32 Å². The van der Waals surface area contributed by atoms with Crippen molar-refractivity contribution in [3.63, 3.8) is 0 Å². The van der Waals surface area contributed by atoms with Gasteiger partial charge in [0.25, 0.3) is 0 Å². The Morgan fingerprint density at radius 1 is 1.00 bits per heavy atom. The number of anilines is 1. The quantitative estimate of drug-likeness (QED) is 0.657. The van der Waals surface area contributed by atoms with Crippen LogP contribution in [0.1, 0.15) is 26.9 Å². The first-order chi connectivity index (χ1) is 11.1. The summed E-state index contributed by atoms with van der Waals surface area (Å²) in [5.74, 6) is 0. The van der Waals surface area contributed by atoms with Gasteiger partial charge in [-0.3, -0.25) is 0 Å². The van der Waals surface area contributed by atoms with E-state index in [-0.39, 0.29) is 14.9 Å². The summed E-state index contributed by atoms with van der Waals surface area (Å²) in [6, 6.07) is 21.9. The fraction of sp³-hybridized carbons (Fsp3) is 0.150. The van der Waals surface area contributed by atoms with Crippen molar-refractivity contribution < 1.29 is 7.65 Å². The van der Waals surface area contributed by atoms with Crippen LogP contribution >= 0.6 is 0 Å². The number of benzene rings is 3. The highest BCUT2D eigenvalue weighted by molar-refractivity contribution is 5.91. The van der Waals surface area contributed by atoms with E-state index >= 15 is 0 Å². The van der Waals surface area contributed by atoms with Crippen LogP contribution < -0.4 is 10.6 Å². The molecule has 0 aliphatic carbocycles. The second kappa shape index (κ2) is 6.53. The summed E-state index contributed by atoms with van der Waals surface area (Å²) in [5, 5.41) is 8.23. The number of nitrogens with one attached hydrogen (secondary N) is 2. The molecule has 1 atom stereocenters. The lowest BCUT2D eigenvalue weighted by Gasteiger charge is -2.17. The molecule has 0 aliphatic heterocycles. The molecule has 0 spiro atoms. The van der Waals surface area contributed by atoms with Crippen molar-refractivity contribution in [3.8, 4) is 0 Å². The topological polar surface area (TPSA) is 41.1 Å². The highest BCUT2D eigenvalue weighted by Gasteiger charge is 2.12. The maximum Gasteiger partial charge on any atom is 0.319 e. The summed E-state index contributed by atoms with van der Waals surface area (Å²) >= 11 is 0. The Morgan fingerprint density at radius 2 is 1.74 bits per heavy atom. The van der Waals surface area contributed by atoms with Gasteiger partial charge in [-0.25, -0.2) is 4.79 Å². The molecule has 0 aliphatic rings. The molecular formula is C20H24N2O. The van der Waals surface area contributed by atoms with Crippen LogP contribution in [0.5, 0.6) is 0 Å². The Balaban J connectivity index is 0.00000156. The molecule has 1 unspecified atom stereocenters. The molecule has 0 bridgehead atoms. The standard InChI is InChI=1S/C20H20N2O.2H2/c1-14-7-5-10-17(13-14)22-20(23)21-15(2)18-12-6-9-16-8-3-4-11-19(16)18;;/h3-13,15H,1-2H3,(H2,21,22,23);2*1H. The van der Waals surface area contributed by atoms with E-state index in [1.807, 2.05) is 56.3 Å². The van der Waals surface area contributed by atoms with Gasteiger partial charge in [0.05, 0.1) is 6.04 Å². The van der Waals surface area contributed by atoms with E-state index in [4.69, 9.17) is 0 Å². The molecule has 2 amide bonds. The average molecular weight is 308 g/mol. The third-order valence-electron chi connectivity index (χ3n) is 3.91. The Kier molecular flexibility index (Phi) is 4.29. The monoisotopic (exact) mass is 308 g/mol. The number of carbonyl (C=O) groups is 1. The number of rotatable bonds is 3. The Hall–Kier alpha value is -2.81. The fourth-order valence-electron chi connectivity index (χ4n) is 2.79. The molecular weight excluding hydrogens is 284 g/mol. The molecule has 0 saturated carbocycles. The van der Waals surface area contributed by atoms with Gasteiger partial charge in [-0.1, -0.05) is 54.6 Å². The maximum absolute atomic E-state index is 12.2. The molecule has 120 valence electrons. The molecule has 3 nitrogen and oxygen atoms in total. The molecule has 3 rings (SSSR count). The van der Waals surface area contributed by atoms with E-state index in [1.165, 1.54) is 10.8 Å². The first kappa shape index (κ1) is 15.1. The molecule has 0 heterocycles. The highest BCUT2D eigenvalue weighted by atomic mass is 16.2. The minimum Gasteiger partial charge on any atom is -0.331 e. The predicted molar refractivity (Wildman–Crippen MR) is 99.9 cm³/mol. The van der Waals surface area contributed by atoms with Crippen molar-refractivity contribution in [1.29, 1.82) is 0 Å². The van der Waals surface area contributed by atoms with Crippen LogP contribution in [0, 0.1) is 6.92 Å². The van der Waals surface area contributed by atoms with Crippen molar-refractivity contribution >= 4 is 22.5 Å². The number of urea groups is 1. The van der Waals surface area contributed by atoms with Crippen LogP contribution in [0.2, 0.25) is 0 Å². The predicted octanol–water partition coefficient (Wildman–Crippen LogP) is 5.52. The van der Waals surface area contributed by atoms with Crippen LogP contribution in [0.3, 0.4) is 0 Å². The summed E-state index contributed by atoms with van der Waals surface area (Å²) in [5.41, 5.74) is 3.03. The van der Waals surface area contributed by atoms with E-state index in [0.717, 1.165) is 16.8 Å². The van der Waals surface area contributed by atoms with Gasteiger partial charge in [0, 0.05) is 8.54 Å². The highest BCUT2D eigenvalue weighted by Crippen LogP contribution is 2.24. The molecule has 0 fully saturated rings. The largest absolute Gasteiger partial charge is 0.331 e. The van der Waals surface area contributed by atoms with Gasteiger partial charge in [0.2, 0.25) is 0 Å². The summed E-state index contributed by atoms with van der Waals surface area (Å²) < 4.78 is 0. The molecule has 0 aromatic heterocycles. The molecule has 23 heavy (non-hydrogen) atoms. The molecule has 0 saturated heterocycles. The molecule has 2 N–H and O–H groups in total. The van der Waals surface area contributed by atoms with Crippen molar-refractivity contribution in [2.24, 2.45) is 0 Å².